The Morgan fingerprint density at radius 3 is 2.07 bits per heavy atom. The molecule has 1 rings (SSSR count). The standard InChI is InChI=1S/C8H9F5N2/c1-5(2)15-4-3-6(14-15)7(9,10)8(11,12)13/h3-5H,1-2H3. The molecule has 0 aliphatic carbocycles. The molecule has 1 aromatic rings. The van der Waals surface area contributed by atoms with Crippen molar-refractivity contribution in [2.45, 2.75) is 32.0 Å². The van der Waals surface area contributed by atoms with E-state index < -0.39 is 17.8 Å². The smallest absolute Gasteiger partial charge is 0.270 e. The van der Waals surface area contributed by atoms with E-state index in [1.807, 2.05) is 0 Å². The molecule has 86 valence electrons. The molecule has 1 heterocycles. The van der Waals surface area contributed by atoms with Gasteiger partial charge < -0.3 is 0 Å². The van der Waals surface area contributed by atoms with Crippen LogP contribution in [-0.2, 0) is 5.92 Å². The molecule has 0 amide bonds. The molecule has 0 radical (unpaired) electrons. The van der Waals surface area contributed by atoms with Crippen molar-refractivity contribution < 1.29 is 22.0 Å². The maximum atomic E-state index is 12.7. The number of aromatic nitrogens is 2. The van der Waals surface area contributed by atoms with Gasteiger partial charge in [0.1, 0.15) is 5.69 Å². The van der Waals surface area contributed by atoms with Crippen LogP contribution in [0.3, 0.4) is 0 Å². The number of alkyl halides is 5. The Bertz CT molecular complexity index is 339. The van der Waals surface area contributed by atoms with Gasteiger partial charge in [-0.3, -0.25) is 4.68 Å². The van der Waals surface area contributed by atoms with Gasteiger partial charge in [0.05, 0.1) is 0 Å². The van der Waals surface area contributed by atoms with Crippen LogP contribution in [0.5, 0.6) is 0 Å². The molecule has 1 aromatic heterocycles. The molecule has 0 bridgehead atoms. The van der Waals surface area contributed by atoms with E-state index in [1.165, 1.54) is 0 Å². The molecule has 0 atom stereocenters. The molecule has 7 heteroatoms. The fourth-order valence-corrected chi connectivity index (χ4v) is 0.938. The first kappa shape index (κ1) is 11.9. The molecule has 0 saturated carbocycles. The van der Waals surface area contributed by atoms with E-state index in [0.717, 1.165) is 10.9 Å². The van der Waals surface area contributed by atoms with Gasteiger partial charge in [0, 0.05) is 12.2 Å². The average molecular weight is 228 g/mol. The molecular formula is C8H9F5N2. The Morgan fingerprint density at radius 2 is 1.73 bits per heavy atom. The summed E-state index contributed by atoms with van der Waals surface area (Å²) in [7, 11) is 0. The predicted octanol–water partition coefficient (Wildman–Crippen LogP) is 3.12. The predicted molar refractivity (Wildman–Crippen MR) is 42.6 cm³/mol. The van der Waals surface area contributed by atoms with Crippen molar-refractivity contribution in [3.05, 3.63) is 18.0 Å². The summed E-state index contributed by atoms with van der Waals surface area (Å²) in [6.45, 7) is 3.25. The van der Waals surface area contributed by atoms with Gasteiger partial charge in [0.25, 0.3) is 0 Å². The Labute approximate surface area is 82.7 Å². The Morgan fingerprint density at radius 1 is 1.20 bits per heavy atom. The fourth-order valence-electron chi connectivity index (χ4n) is 0.938. The number of rotatable bonds is 2. The molecule has 2 nitrogen and oxygen atoms in total. The lowest BCUT2D eigenvalue weighted by Gasteiger charge is -2.17. The summed E-state index contributed by atoms with van der Waals surface area (Å²) in [6, 6.07) is 0.413. The summed E-state index contributed by atoms with van der Waals surface area (Å²) in [6.07, 6.45) is -4.51. The highest BCUT2D eigenvalue weighted by Gasteiger charge is 2.60. The first-order valence-electron chi connectivity index (χ1n) is 4.16. The van der Waals surface area contributed by atoms with Gasteiger partial charge >= 0.3 is 12.1 Å². The second-order valence-corrected chi connectivity index (χ2v) is 3.35. The molecule has 0 N–H and O–H groups in total. The minimum absolute atomic E-state index is 0.261. The maximum Gasteiger partial charge on any atom is 0.459 e. The van der Waals surface area contributed by atoms with Gasteiger partial charge in [-0.25, -0.2) is 0 Å². The van der Waals surface area contributed by atoms with E-state index in [9.17, 15) is 22.0 Å². The fraction of sp³-hybridized carbons (Fsp3) is 0.625. The van der Waals surface area contributed by atoms with Crippen LogP contribution in [0.1, 0.15) is 25.6 Å². The largest absolute Gasteiger partial charge is 0.459 e. The van der Waals surface area contributed by atoms with Gasteiger partial charge in [0.2, 0.25) is 0 Å². The van der Waals surface area contributed by atoms with Crippen LogP contribution in [0.2, 0.25) is 0 Å². The molecule has 0 fully saturated rings. The molecule has 0 saturated heterocycles. The van der Waals surface area contributed by atoms with Crippen LogP contribution in [0.25, 0.3) is 0 Å². The molecule has 0 aromatic carbocycles. The highest BCUT2D eigenvalue weighted by molar-refractivity contribution is 5.09. The molecule has 0 aliphatic heterocycles. The van der Waals surface area contributed by atoms with Crippen LogP contribution in [-0.4, -0.2) is 16.0 Å². The Balaban J connectivity index is 3.06. The minimum Gasteiger partial charge on any atom is -0.270 e. The molecule has 0 spiro atoms. The van der Waals surface area contributed by atoms with Crippen molar-refractivity contribution >= 4 is 0 Å². The topological polar surface area (TPSA) is 17.8 Å². The summed E-state index contributed by atoms with van der Waals surface area (Å²) in [5, 5.41) is 3.19. The zero-order valence-electron chi connectivity index (χ0n) is 8.02. The van der Waals surface area contributed by atoms with Crippen LogP contribution in [0, 0.1) is 0 Å². The van der Waals surface area contributed by atoms with Crippen LogP contribution >= 0.6 is 0 Å². The van der Waals surface area contributed by atoms with Gasteiger partial charge in [-0.2, -0.15) is 27.1 Å². The summed E-state index contributed by atoms with van der Waals surface area (Å²) in [4.78, 5) is 0. The first-order chi connectivity index (χ1) is 6.66. The van der Waals surface area contributed by atoms with Crippen LogP contribution in [0.15, 0.2) is 12.3 Å². The van der Waals surface area contributed by atoms with Crippen LogP contribution in [0.4, 0.5) is 22.0 Å². The molecule has 0 aliphatic rings. The number of nitrogens with zero attached hydrogens (tertiary/aromatic N) is 2. The van der Waals surface area contributed by atoms with E-state index in [-0.39, 0.29) is 6.04 Å². The molecular weight excluding hydrogens is 219 g/mol. The molecule has 15 heavy (non-hydrogen) atoms. The minimum atomic E-state index is -5.61. The summed E-state index contributed by atoms with van der Waals surface area (Å²) >= 11 is 0. The van der Waals surface area contributed by atoms with Crippen molar-refractivity contribution in [3.8, 4) is 0 Å². The van der Waals surface area contributed by atoms with Crippen molar-refractivity contribution in [1.82, 2.24) is 9.78 Å². The third kappa shape index (κ3) is 2.10. The van der Waals surface area contributed by atoms with E-state index in [4.69, 9.17) is 0 Å². The van der Waals surface area contributed by atoms with Crippen molar-refractivity contribution in [2.75, 3.05) is 0 Å². The lowest BCUT2D eigenvalue weighted by molar-refractivity contribution is -0.291. The van der Waals surface area contributed by atoms with E-state index in [0.29, 0.717) is 6.07 Å². The summed E-state index contributed by atoms with van der Waals surface area (Å²) in [5.74, 6) is -4.90. The normalized spacial score (nSPS) is 13.6. The summed E-state index contributed by atoms with van der Waals surface area (Å²) < 4.78 is 62.3. The van der Waals surface area contributed by atoms with Gasteiger partial charge in [-0.1, -0.05) is 0 Å². The van der Waals surface area contributed by atoms with E-state index in [2.05, 4.69) is 5.10 Å². The third-order valence-electron chi connectivity index (χ3n) is 1.82. The van der Waals surface area contributed by atoms with Gasteiger partial charge in [0.15, 0.2) is 0 Å². The number of hydrogen-bond donors (Lipinski definition) is 0. The van der Waals surface area contributed by atoms with E-state index in [1.54, 1.807) is 13.8 Å². The highest BCUT2D eigenvalue weighted by Crippen LogP contribution is 2.42. The third-order valence-corrected chi connectivity index (χ3v) is 1.82. The first-order valence-corrected chi connectivity index (χ1v) is 4.16. The average Bonchev–Trinajstić information content (AvgIpc) is 2.49. The quantitative estimate of drug-likeness (QED) is 0.711. The highest BCUT2D eigenvalue weighted by atomic mass is 19.4. The summed E-state index contributed by atoms with van der Waals surface area (Å²) in [5.41, 5.74) is -1.27. The number of halogens is 5. The second kappa shape index (κ2) is 3.46. The van der Waals surface area contributed by atoms with E-state index >= 15 is 0 Å². The second-order valence-electron chi connectivity index (χ2n) is 3.35. The zero-order valence-corrected chi connectivity index (χ0v) is 8.02. The molecule has 0 unspecified atom stereocenters. The van der Waals surface area contributed by atoms with Gasteiger partial charge in [-0.05, 0) is 19.9 Å². The Hall–Kier alpha value is -1.14. The van der Waals surface area contributed by atoms with Crippen molar-refractivity contribution in [2.24, 2.45) is 0 Å². The van der Waals surface area contributed by atoms with Crippen molar-refractivity contribution in [1.29, 1.82) is 0 Å². The van der Waals surface area contributed by atoms with Gasteiger partial charge in [-0.15, -0.1) is 0 Å². The van der Waals surface area contributed by atoms with Crippen molar-refractivity contribution in [3.63, 3.8) is 0 Å². The number of hydrogen-bond acceptors (Lipinski definition) is 1. The lowest BCUT2D eigenvalue weighted by atomic mass is 10.2. The monoisotopic (exact) mass is 228 g/mol. The Kier molecular flexibility index (Phi) is 2.75. The SMILES string of the molecule is CC(C)n1ccc(C(F)(F)C(F)(F)F)n1. The maximum absolute atomic E-state index is 12.7. The lowest BCUT2D eigenvalue weighted by Crippen LogP contribution is -2.34. The zero-order chi connectivity index (χ0) is 11.9. The van der Waals surface area contributed by atoms with Crippen LogP contribution < -0.4 is 0 Å².